The van der Waals surface area contributed by atoms with Gasteiger partial charge in [0, 0.05) is 18.0 Å². The van der Waals surface area contributed by atoms with Crippen molar-refractivity contribution in [3.05, 3.63) is 63.3 Å². The largest absolute Gasteiger partial charge is 0.490 e. The van der Waals surface area contributed by atoms with E-state index in [1.807, 2.05) is 0 Å². The Labute approximate surface area is 145 Å². The number of benzene rings is 1. The van der Waals surface area contributed by atoms with Crippen LogP contribution in [0.5, 0.6) is 5.75 Å². The fourth-order valence-corrected chi connectivity index (χ4v) is 2.50. The maximum absolute atomic E-state index is 14.2. The Morgan fingerprint density at radius 2 is 2.16 bits per heavy atom. The number of carbonyl (C=O) groups is 1. The summed E-state index contributed by atoms with van der Waals surface area (Å²) in [5.74, 6) is -0.176. The normalized spacial score (nSPS) is 14.8. The Balaban J connectivity index is 1.67. The summed E-state index contributed by atoms with van der Waals surface area (Å²) >= 11 is 0. The van der Waals surface area contributed by atoms with Crippen LogP contribution in [0.4, 0.5) is 4.39 Å². The van der Waals surface area contributed by atoms with Crippen molar-refractivity contribution in [3.63, 3.8) is 0 Å². The number of aromatic nitrogens is 1. The Morgan fingerprint density at radius 3 is 2.80 bits per heavy atom. The summed E-state index contributed by atoms with van der Waals surface area (Å²) < 4.78 is 19.6. The first kappa shape index (κ1) is 17.2. The van der Waals surface area contributed by atoms with Crippen LogP contribution in [0.3, 0.4) is 0 Å². The zero-order valence-electron chi connectivity index (χ0n) is 14.3. The van der Waals surface area contributed by atoms with Gasteiger partial charge in [0.05, 0.1) is 12.6 Å². The van der Waals surface area contributed by atoms with Gasteiger partial charge in [0.15, 0.2) is 17.0 Å². The lowest BCUT2D eigenvalue weighted by molar-refractivity contribution is 0.0938. The highest BCUT2D eigenvalue weighted by atomic mass is 19.1. The number of nitrogens with one attached hydrogen (secondary N) is 2. The van der Waals surface area contributed by atoms with Crippen molar-refractivity contribution < 1.29 is 13.9 Å². The van der Waals surface area contributed by atoms with Gasteiger partial charge in [0.25, 0.3) is 5.91 Å². The molecule has 0 bridgehead atoms. The molecule has 2 aromatic rings. The van der Waals surface area contributed by atoms with Gasteiger partial charge in [-0.05, 0) is 50.3 Å². The van der Waals surface area contributed by atoms with Crippen LogP contribution in [0.15, 0.2) is 35.3 Å². The lowest BCUT2D eigenvalue weighted by Crippen LogP contribution is -2.31. The first-order valence-electron chi connectivity index (χ1n) is 8.36. The molecule has 25 heavy (non-hydrogen) atoms. The van der Waals surface area contributed by atoms with Gasteiger partial charge in [0.2, 0.25) is 0 Å². The molecule has 1 saturated carbocycles. The molecule has 0 aliphatic heterocycles. The van der Waals surface area contributed by atoms with E-state index in [0.717, 1.165) is 12.8 Å². The van der Waals surface area contributed by atoms with E-state index in [4.69, 9.17) is 4.74 Å². The topological polar surface area (TPSA) is 71.2 Å². The van der Waals surface area contributed by atoms with Crippen LogP contribution >= 0.6 is 0 Å². The predicted molar refractivity (Wildman–Crippen MR) is 92.3 cm³/mol. The van der Waals surface area contributed by atoms with Crippen molar-refractivity contribution in [2.45, 2.75) is 32.7 Å². The first-order chi connectivity index (χ1) is 11.9. The summed E-state index contributed by atoms with van der Waals surface area (Å²) in [6, 6.07) is 5.57. The first-order valence-corrected chi connectivity index (χ1v) is 8.36. The summed E-state index contributed by atoms with van der Waals surface area (Å²) in [4.78, 5) is 27.0. The highest BCUT2D eigenvalue weighted by molar-refractivity contribution is 5.94. The molecule has 1 aromatic heterocycles. The highest BCUT2D eigenvalue weighted by Crippen LogP contribution is 2.30. The van der Waals surface area contributed by atoms with Crippen LogP contribution in [0.1, 0.15) is 47.4 Å². The third-order valence-electron chi connectivity index (χ3n) is 4.28. The van der Waals surface area contributed by atoms with Crippen molar-refractivity contribution in [2.75, 3.05) is 6.61 Å². The van der Waals surface area contributed by atoms with Crippen molar-refractivity contribution in [3.8, 4) is 5.75 Å². The van der Waals surface area contributed by atoms with Crippen LogP contribution in [-0.4, -0.2) is 17.5 Å². The number of pyridine rings is 1. The van der Waals surface area contributed by atoms with Gasteiger partial charge in [-0.3, -0.25) is 9.59 Å². The summed E-state index contributed by atoms with van der Waals surface area (Å²) in [5.41, 5.74) is 0.963. The number of aryl methyl sites for hydroxylation is 1. The predicted octanol–water partition coefficient (Wildman–Crippen LogP) is 3.10. The van der Waals surface area contributed by atoms with E-state index in [0.29, 0.717) is 23.8 Å². The molecule has 5 nitrogen and oxygen atoms in total. The van der Waals surface area contributed by atoms with Gasteiger partial charge in [0.1, 0.15) is 5.56 Å². The van der Waals surface area contributed by atoms with E-state index >= 15 is 0 Å². The number of ether oxygens (including phenoxy) is 1. The molecule has 1 heterocycles. The molecule has 6 heteroatoms. The van der Waals surface area contributed by atoms with Crippen molar-refractivity contribution in [1.82, 2.24) is 10.3 Å². The Morgan fingerprint density at radius 1 is 1.40 bits per heavy atom. The van der Waals surface area contributed by atoms with Gasteiger partial charge in [-0.1, -0.05) is 6.07 Å². The average molecular weight is 344 g/mol. The molecule has 1 aliphatic rings. The molecule has 3 rings (SSSR count). The summed E-state index contributed by atoms with van der Waals surface area (Å²) in [6.45, 7) is 4.01. The van der Waals surface area contributed by atoms with Crippen LogP contribution in [-0.2, 0) is 0 Å². The molecule has 132 valence electrons. The number of carbonyl (C=O) groups excluding carboxylic acids is 1. The number of hydrogen-bond acceptors (Lipinski definition) is 3. The SMILES string of the molecule is Cc1cc(=O)c(C(=O)NC(C)c2ccc(OCC3CC3)c(F)c2)c[nH]1. The lowest BCUT2D eigenvalue weighted by Gasteiger charge is -2.15. The van der Waals surface area contributed by atoms with E-state index < -0.39 is 17.8 Å². The molecule has 1 fully saturated rings. The Bertz CT molecular complexity index is 843. The van der Waals surface area contributed by atoms with E-state index in [-0.39, 0.29) is 16.7 Å². The molecular formula is C19H21FN2O3. The maximum atomic E-state index is 14.2. The van der Waals surface area contributed by atoms with E-state index in [2.05, 4.69) is 10.3 Å². The Kier molecular flexibility index (Phi) is 4.88. The monoisotopic (exact) mass is 344 g/mol. The van der Waals surface area contributed by atoms with Crippen LogP contribution in [0.2, 0.25) is 0 Å². The molecule has 1 unspecified atom stereocenters. The average Bonchev–Trinajstić information content (AvgIpc) is 3.37. The van der Waals surface area contributed by atoms with E-state index in [1.54, 1.807) is 26.0 Å². The number of halogens is 1. The number of rotatable bonds is 6. The van der Waals surface area contributed by atoms with Gasteiger partial charge in [-0.15, -0.1) is 0 Å². The third kappa shape index (κ3) is 4.26. The number of H-pyrrole nitrogens is 1. The van der Waals surface area contributed by atoms with E-state index in [1.165, 1.54) is 18.3 Å². The standard InChI is InChI=1S/C19H21FN2O3/c1-11-7-17(23)15(9-21-11)19(24)22-12(2)14-5-6-18(16(20)8-14)25-10-13-3-4-13/h5-9,12-13H,3-4,10H2,1-2H3,(H,21,23)(H,22,24). The fraction of sp³-hybridized carbons (Fsp3) is 0.368. The van der Waals surface area contributed by atoms with Gasteiger partial charge in [-0.25, -0.2) is 4.39 Å². The number of hydrogen-bond donors (Lipinski definition) is 2. The molecule has 1 aliphatic carbocycles. The number of aromatic amines is 1. The highest BCUT2D eigenvalue weighted by Gasteiger charge is 2.22. The van der Waals surface area contributed by atoms with Gasteiger partial charge >= 0.3 is 0 Å². The molecule has 0 saturated heterocycles. The molecule has 0 spiro atoms. The lowest BCUT2D eigenvalue weighted by atomic mass is 10.1. The molecule has 1 atom stereocenters. The molecule has 2 N–H and O–H groups in total. The molecular weight excluding hydrogens is 323 g/mol. The number of amides is 1. The summed E-state index contributed by atoms with van der Waals surface area (Å²) in [7, 11) is 0. The maximum Gasteiger partial charge on any atom is 0.257 e. The van der Waals surface area contributed by atoms with Crippen LogP contribution < -0.4 is 15.5 Å². The minimum absolute atomic E-state index is 0.0299. The quantitative estimate of drug-likeness (QED) is 0.846. The summed E-state index contributed by atoms with van der Waals surface area (Å²) in [5, 5.41) is 2.71. The smallest absolute Gasteiger partial charge is 0.257 e. The van der Waals surface area contributed by atoms with Gasteiger partial charge in [-0.2, -0.15) is 0 Å². The van der Waals surface area contributed by atoms with Crippen LogP contribution in [0, 0.1) is 18.7 Å². The van der Waals surface area contributed by atoms with E-state index in [9.17, 15) is 14.0 Å². The summed E-state index contributed by atoms with van der Waals surface area (Å²) in [6.07, 6.45) is 3.66. The van der Waals surface area contributed by atoms with Gasteiger partial charge < -0.3 is 15.0 Å². The second-order valence-corrected chi connectivity index (χ2v) is 6.53. The van der Waals surface area contributed by atoms with Crippen LogP contribution in [0.25, 0.3) is 0 Å². The minimum Gasteiger partial charge on any atom is -0.490 e. The third-order valence-corrected chi connectivity index (χ3v) is 4.28. The second kappa shape index (κ2) is 7.09. The molecule has 1 aromatic carbocycles. The van der Waals surface area contributed by atoms with Crippen molar-refractivity contribution in [1.29, 1.82) is 0 Å². The molecule has 1 amide bonds. The Hall–Kier alpha value is -2.63. The zero-order valence-corrected chi connectivity index (χ0v) is 14.3. The molecule has 0 radical (unpaired) electrons. The zero-order chi connectivity index (χ0) is 18.0. The second-order valence-electron chi connectivity index (χ2n) is 6.53. The van der Waals surface area contributed by atoms with Crippen molar-refractivity contribution >= 4 is 5.91 Å². The minimum atomic E-state index is -0.497. The van der Waals surface area contributed by atoms with Crippen molar-refractivity contribution in [2.24, 2.45) is 5.92 Å². The fourth-order valence-electron chi connectivity index (χ4n) is 2.50.